The van der Waals surface area contributed by atoms with Gasteiger partial charge in [-0.25, -0.2) is 5.43 Å². The summed E-state index contributed by atoms with van der Waals surface area (Å²) in [5.41, 5.74) is 12.2. The third-order valence-corrected chi connectivity index (χ3v) is 3.77. The van der Waals surface area contributed by atoms with Crippen LogP contribution in [-0.4, -0.2) is 18.2 Å². The molecule has 0 spiro atoms. The summed E-state index contributed by atoms with van der Waals surface area (Å²) in [4.78, 5) is 11.9. The van der Waals surface area contributed by atoms with Crippen molar-refractivity contribution in [2.24, 2.45) is 5.10 Å². The van der Waals surface area contributed by atoms with Gasteiger partial charge in [-0.1, -0.05) is 29.8 Å². The van der Waals surface area contributed by atoms with Gasteiger partial charge in [0, 0.05) is 16.4 Å². The number of nitrogens with two attached hydrogens (primary N) is 1. The number of benzene rings is 2. The lowest BCUT2D eigenvalue weighted by atomic mass is 10.1. The molecule has 5 nitrogen and oxygen atoms in total. The maximum atomic E-state index is 11.9. The molecule has 2 aromatic rings. The van der Waals surface area contributed by atoms with E-state index >= 15 is 0 Å². The summed E-state index contributed by atoms with van der Waals surface area (Å²) in [6.07, 6.45) is 0. The molecule has 0 fully saturated rings. The molecule has 0 unspecified atom stereocenters. The molecule has 0 aliphatic carbocycles. The van der Waals surface area contributed by atoms with Crippen molar-refractivity contribution in [3.8, 4) is 0 Å². The predicted molar refractivity (Wildman–Crippen MR) is 95.9 cm³/mol. The number of amides is 1. The number of halogens is 1. The molecule has 4 N–H and O–H groups in total. The van der Waals surface area contributed by atoms with E-state index in [1.807, 2.05) is 38.1 Å². The first kappa shape index (κ1) is 16.8. The summed E-state index contributed by atoms with van der Waals surface area (Å²) in [7, 11) is 0. The highest BCUT2D eigenvalue weighted by Gasteiger charge is 2.05. The number of hydrogen-bond donors (Lipinski definition) is 3. The Balaban J connectivity index is 1.92. The van der Waals surface area contributed by atoms with Gasteiger partial charge in [-0.2, -0.15) is 5.10 Å². The number of carbonyl (C=O) groups excluding carboxylic acids is 1. The Morgan fingerprint density at radius 3 is 2.74 bits per heavy atom. The number of hydrogen-bond acceptors (Lipinski definition) is 4. The van der Waals surface area contributed by atoms with E-state index in [1.165, 1.54) is 0 Å². The molecule has 1 amide bonds. The molecule has 23 heavy (non-hydrogen) atoms. The molecule has 0 saturated heterocycles. The highest BCUT2D eigenvalue weighted by molar-refractivity contribution is 6.31. The van der Waals surface area contributed by atoms with Crippen molar-refractivity contribution in [1.29, 1.82) is 0 Å². The van der Waals surface area contributed by atoms with Gasteiger partial charge in [0.15, 0.2) is 0 Å². The van der Waals surface area contributed by atoms with Gasteiger partial charge >= 0.3 is 0 Å². The van der Waals surface area contributed by atoms with E-state index in [4.69, 9.17) is 17.3 Å². The standard InChI is InChI=1S/C17H19ClN4O/c1-11-15(18)7-4-8-16(11)20-10-17(23)22-21-12(2)13-5-3-6-14(19)9-13/h3-9,20H,10,19H2,1-2H3,(H,22,23). The fourth-order valence-corrected chi connectivity index (χ4v) is 2.16. The monoisotopic (exact) mass is 330 g/mol. The first-order valence-corrected chi connectivity index (χ1v) is 7.53. The number of nitrogen functional groups attached to an aromatic ring is 1. The predicted octanol–water partition coefficient (Wildman–Crippen LogP) is 3.18. The average molecular weight is 331 g/mol. The van der Waals surface area contributed by atoms with Crippen molar-refractivity contribution >= 4 is 34.6 Å². The molecule has 2 aromatic carbocycles. The van der Waals surface area contributed by atoms with Gasteiger partial charge in [0.2, 0.25) is 0 Å². The molecule has 0 aliphatic heterocycles. The van der Waals surface area contributed by atoms with Crippen molar-refractivity contribution in [3.63, 3.8) is 0 Å². The van der Waals surface area contributed by atoms with Crippen LogP contribution in [0.2, 0.25) is 5.02 Å². The minimum atomic E-state index is -0.243. The van der Waals surface area contributed by atoms with Crippen molar-refractivity contribution in [1.82, 2.24) is 5.43 Å². The molecule has 0 bridgehead atoms. The quantitative estimate of drug-likeness (QED) is 0.447. The second kappa shape index (κ2) is 7.65. The summed E-state index contributed by atoms with van der Waals surface area (Å²) in [5.74, 6) is -0.243. The highest BCUT2D eigenvalue weighted by Crippen LogP contribution is 2.22. The second-order valence-corrected chi connectivity index (χ2v) is 5.53. The van der Waals surface area contributed by atoms with E-state index < -0.39 is 0 Å². The number of rotatable bonds is 5. The highest BCUT2D eigenvalue weighted by atomic mass is 35.5. The molecule has 0 radical (unpaired) electrons. The zero-order valence-electron chi connectivity index (χ0n) is 13.1. The normalized spacial score (nSPS) is 11.2. The Kier molecular flexibility index (Phi) is 5.60. The van der Waals surface area contributed by atoms with Crippen LogP contribution in [0.1, 0.15) is 18.1 Å². The lowest BCUT2D eigenvalue weighted by molar-refractivity contribution is -0.119. The van der Waals surface area contributed by atoms with Crippen LogP contribution in [0.5, 0.6) is 0 Å². The van der Waals surface area contributed by atoms with Gasteiger partial charge in [0.05, 0.1) is 12.3 Å². The fraction of sp³-hybridized carbons (Fsp3) is 0.176. The van der Waals surface area contributed by atoms with Crippen LogP contribution in [0.25, 0.3) is 0 Å². The summed E-state index contributed by atoms with van der Waals surface area (Å²) in [6.45, 7) is 3.81. The van der Waals surface area contributed by atoms with Gasteiger partial charge in [-0.15, -0.1) is 0 Å². The number of nitrogens with one attached hydrogen (secondary N) is 2. The van der Waals surface area contributed by atoms with Crippen molar-refractivity contribution < 1.29 is 4.79 Å². The first-order valence-electron chi connectivity index (χ1n) is 7.15. The van der Waals surface area contributed by atoms with E-state index in [1.54, 1.807) is 18.2 Å². The fourth-order valence-electron chi connectivity index (χ4n) is 1.99. The molecule has 120 valence electrons. The van der Waals surface area contributed by atoms with Crippen LogP contribution in [0.3, 0.4) is 0 Å². The first-order chi connectivity index (χ1) is 11.0. The number of nitrogens with zero attached hydrogens (tertiary/aromatic N) is 1. The van der Waals surface area contributed by atoms with Crippen LogP contribution >= 0.6 is 11.6 Å². The Labute approximate surface area is 140 Å². The Morgan fingerprint density at radius 2 is 2.00 bits per heavy atom. The minimum absolute atomic E-state index is 0.106. The topological polar surface area (TPSA) is 79.5 Å². The van der Waals surface area contributed by atoms with E-state index in [2.05, 4.69) is 15.8 Å². The molecule has 0 aliphatic rings. The summed E-state index contributed by atoms with van der Waals surface area (Å²) in [6, 6.07) is 12.8. The molecule has 0 atom stereocenters. The van der Waals surface area contributed by atoms with Gasteiger partial charge in [-0.05, 0) is 49.2 Å². The number of anilines is 2. The van der Waals surface area contributed by atoms with Gasteiger partial charge < -0.3 is 11.1 Å². The Morgan fingerprint density at radius 1 is 1.26 bits per heavy atom. The third kappa shape index (κ3) is 4.72. The van der Waals surface area contributed by atoms with Gasteiger partial charge in [0.25, 0.3) is 5.91 Å². The van der Waals surface area contributed by atoms with Crippen molar-refractivity contribution in [2.45, 2.75) is 13.8 Å². The number of hydrazone groups is 1. The molecule has 2 rings (SSSR count). The zero-order chi connectivity index (χ0) is 16.8. The van der Waals surface area contributed by atoms with Crippen molar-refractivity contribution in [2.75, 3.05) is 17.6 Å². The molecular formula is C17H19ClN4O. The lowest BCUT2D eigenvalue weighted by Crippen LogP contribution is -2.27. The molecular weight excluding hydrogens is 312 g/mol. The average Bonchev–Trinajstić information content (AvgIpc) is 2.54. The van der Waals surface area contributed by atoms with Crippen LogP contribution in [0.4, 0.5) is 11.4 Å². The zero-order valence-corrected chi connectivity index (χ0v) is 13.8. The van der Waals surface area contributed by atoms with Crippen LogP contribution in [0.15, 0.2) is 47.6 Å². The van der Waals surface area contributed by atoms with Crippen LogP contribution < -0.4 is 16.5 Å². The lowest BCUT2D eigenvalue weighted by Gasteiger charge is -2.10. The Hall–Kier alpha value is -2.53. The number of carbonyl (C=O) groups is 1. The van der Waals surface area contributed by atoms with E-state index in [0.717, 1.165) is 16.8 Å². The smallest absolute Gasteiger partial charge is 0.259 e. The second-order valence-electron chi connectivity index (χ2n) is 5.12. The maximum absolute atomic E-state index is 11.9. The van der Waals surface area contributed by atoms with Gasteiger partial charge in [-0.3, -0.25) is 4.79 Å². The van der Waals surface area contributed by atoms with E-state index in [9.17, 15) is 4.79 Å². The molecule has 0 heterocycles. The largest absolute Gasteiger partial charge is 0.399 e. The summed E-state index contributed by atoms with van der Waals surface area (Å²) < 4.78 is 0. The van der Waals surface area contributed by atoms with E-state index in [-0.39, 0.29) is 12.5 Å². The minimum Gasteiger partial charge on any atom is -0.399 e. The molecule has 6 heteroatoms. The molecule has 0 saturated carbocycles. The summed E-state index contributed by atoms with van der Waals surface area (Å²) in [5, 5.41) is 7.78. The Bertz CT molecular complexity index is 743. The SMILES string of the molecule is CC(=NNC(=O)CNc1cccc(Cl)c1C)c1cccc(N)c1. The van der Waals surface area contributed by atoms with E-state index in [0.29, 0.717) is 16.4 Å². The maximum Gasteiger partial charge on any atom is 0.259 e. The van der Waals surface area contributed by atoms with Crippen LogP contribution in [0, 0.1) is 6.92 Å². The molecule has 0 aromatic heterocycles. The summed E-state index contributed by atoms with van der Waals surface area (Å²) >= 11 is 6.04. The third-order valence-electron chi connectivity index (χ3n) is 3.36. The van der Waals surface area contributed by atoms with Crippen LogP contribution in [-0.2, 0) is 4.79 Å². The van der Waals surface area contributed by atoms with Gasteiger partial charge in [0.1, 0.15) is 0 Å². The van der Waals surface area contributed by atoms with Crippen molar-refractivity contribution in [3.05, 3.63) is 58.6 Å².